The summed E-state index contributed by atoms with van der Waals surface area (Å²) >= 11 is 0. The van der Waals surface area contributed by atoms with Gasteiger partial charge >= 0.3 is 0 Å². The first-order valence-electron chi connectivity index (χ1n) is 10.1. The van der Waals surface area contributed by atoms with Crippen molar-refractivity contribution in [2.45, 2.75) is 25.4 Å². The zero-order valence-corrected chi connectivity index (χ0v) is 16.8. The average molecular weight is 401 g/mol. The molecule has 0 saturated carbocycles. The molecule has 2 aromatic heterocycles. The summed E-state index contributed by atoms with van der Waals surface area (Å²) < 4.78 is 7.82. The number of nitrogens with zero attached hydrogens (tertiary/aromatic N) is 4. The number of para-hydroxylation sites is 2. The molecule has 1 saturated heterocycles. The van der Waals surface area contributed by atoms with Gasteiger partial charge in [0.05, 0.1) is 12.6 Å². The molecule has 152 valence electrons. The Hall–Kier alpha value is -3.45. The minimum Gasteiger partial charge on any atom is -0.436 e. The van der Waals surface area contributed by atoms with Crippen molar-refractivity contribution in [3.63, 3.8) is 0 Å². The van der Waals surface area contributed by atoms with Crippen molar-refractivity contribution in [3.8, 4) is 11.5 Å². The van der Waals surface area contributed by atoms with Gasteiger partial charge in [-0.05, 0) is 55.8 Å². The van der Waals surface area contributed by atoms with Crippen LogP contribution in [0.25, 0.3) is 22.6 Å². The fraction of sp³-hybridized carbons (Fsp3) is 0.261. The van der Waals surface area contributed by atoms with E-state index in [1.165, 1.54) is 0 Å². The van der Waals surface area contributed by atoms with Gasteiger partial charge in [0.1, 0.15) is 11.3 Å². The minimum absolute atomic E-state index is 0.0244. The molecule has 2 aromatic carbocycles. The van der Waals surface area contributed by atoms with Gasteiger partial charge in [0.2, 0.25) is 11.8 Å². The molecule has 0 spiro atoms. The number of oxazole rings is 1. The lowest BCUT2D eigenvalue weighted by Gasteiger charge is -2.23. The lowest BCUT2D eigenvalue weighted by molar-refractivity contribution is -0.120. The molecule has 1 N–H and O–H groups in total. The van der Waals surface area contributed by atoms with E-state index in [1.54, 1.807) is 6.20 Å². The number of anilines is 1. The van der Waals surface area contributed by atoms with Crippen LogP contribution in [-0.2, 0) is 18.4 Å². The Morgan fingerprint density at radius 1 is 1.20 bits per heavy atom. The molecule has 1 aliphatic rings. The van der Waals surface area contributed by atoms with E-state index in [2.05, 4.69) is 20.2 Å². The molecule has 7 nitrogen and oxygen atoms in total. The van der Waals surface area contributed by atoms with Gasteiger partial charge in [0.15, 0.2) is 5.58 Å². The number of hydrogen-bond acceptors (Lipinski definition) is 5. The number of rotatable bonds is 5. The number of likely N-dealkylation sites (tertiary alicyclic amines) is 1. The van der Waals surface area contributed by atoms with Crippen molar-refractivity contribution >= 4 is 22.7 Å². The normalized spacial score (nSPS) is 16.9. The van der Waals surface area contributed by atoms with E-state index in [-0.39, 0.29) is 11.9 Å². The predicted molar refractivity (Wildman–Crippen MR) is 115 cm³/mol. The van der Waals surface area contributed by atoms with Gasteiger partial charge < -0.3 is 14.3 Å². The molecule has 0 aliphatic carbocycles. The van der Waals surface area contributed by atoms with E-state index in [0.717, 1.165) is 47.6 Å². The monoisotopic (exact) mass is 401 g/mol. The van der Waals surface area contributed by atoms with Gasteiger partial charge in [-0.2, -0.15) is 0 Å². The Labute approximate surface area is 174 Å². The van der Waals surface area contributed by atoms with E-state index in [0.29, 0.717) is 12.4 Å². The first-order chi connectivity index (χ1) is 14.7. The predicted octanol–water partition coefficient (Wildman–Crippen LogP) is 3.83. The number of aryl methyl sites for hydroxylation is 1. The fourth-order valence-corrected chi connectivity index (χ4v) is 3.96. The smallest absolute Gasteiger partial charge is 0.241 e. The SMILES string of the molecule is Cn1ccnc1CN1CCCC1C(=O)Nc1ccc(-c2nc3ccccc3o2)cc1. The van der Waals surface area contributed by atoms with Gasteiger partial charge in [-0.3, -0.25) is 9.69 Å². The van der Waals surface area contributed by atoms with Gasteiger partial charge in [0.25, 0.3) is 0 Å². The number of carbonyl (C=O) groups excluding carboxylic acids is 1. The number of aromatic nitrogens is 3. The maximum atomic E-state index is 12.9. The Morgan fingerprint density at radius 2 is 2.03 bits per heavy atom. The third-order valence-electron chi connectivity index (χ3n) is 5.63. The number of benzene rings is 2. The van der Waals surface area contributed by atoms with Crippen molar-refractivity contribution in [2.24, 2.45) is 7.05 Å². The Bertz CT molecular complexity index is 1140. The third-order valence-corrected chi connectivity index (χ3v) is 5.63. The average Bonchev–Trinajstić information content (AvgIpc) is 3.49. The Kier molecular flexibility index (Phi) is 4.80. The second-order valence-electron chi connectivity index (χ2n) is 7.64. The second-order valence-corrected chi connectivity index (χ2v) is 7.64. The number of imidazole rings is 1. The van der Waals surface area contributed by atoms with E-state index >= 15 is 0 Å². The Balaban J connectivity index is 1.27. The molecule has 1 fully saturated rings. The first-order valence-corrected chi connectivity index (χ1v) is 10.1. The highest BCUT2D eigenvalue weighted by atomic mass is 16.3. The fourth-order valence-electron chi connectivity index (χ4n) is 3.96. The van der Waals surface area contributed by atoms with E-state index < -0.39 is 0 Å². The van der Waals surface area contributed by atoms with Crippen LogP contribution in [0, 0.1) is 0 Å². The van der Waals surface area contributed by atoms with Crippen LogP contribution >= 0.6 is 0 Å². The lowest BCUT2D eigenvalue weighted by Crippen LogP contribution is -2.39. The summed E-state index contributed by atoms with van der Waals surface area (Å²) in [6.45, 7) is 1.58. The standard InChI is InChI=1S/C23H23N5O2/c1-27-14-12-24-21(27)15-28-13-4-6-19(28)22(29)25-17-10-8-16(9-11-17)23-26-18-5-2-3-7-20(18)30-23/h2-3,5,7-12,14,19H,4,6,13,15H2,1H3,(H,25,29). The minimum atomic E-state index is -0.140. The van der Waals surface area contributed by atoms with E-state index in [9.17, 15) is 4.79 Å². The number of fused-ring (bicyclic) bond motifs is 1. The van der Waals surface area contributed by atoms with Gasteiger partial charge in [-0.25, -0.2) is 9.97 Å². The summed E-state index contributed by atoms with van der Waals surface area (Å²) in [6.07, 6.45) is 5.59. The summed E-state index contributed by atoms with van der Waals surface area (Å²) in [5.41, 5.74) is 3.24. The highest BCUT2D eigenvalue weighted by molar-refractivity contribution is 5.95. The number of nitrogens with one attached hydrogen (secondary N) is 1. The van der Waals surface area contributed by atoms with Gasteiger partial charge in [-0.15, -0.1) is 0 Å². The molecule has 0 radical (unpaired) electrons. The summed E-state index contributed by atoms with van der Waals surface area (Å²) in [4.78, 5) is 24.0. The molecular formula is C23H23N5O2. The molecule has 5 rings (SSSR count). The van der Waals surface area contributed by atoms with Crippen molar-refractivity contribution in [2.75, 3.05) is 11.9 Å². The highest BCUT2D eigenvalue weighted by Crippen LogP contribution is 2.26. The van der Waals surface area contributed by atoms with Crippen LogP contribution < -0.4 is 5.32 Å². The summed E-state index contributed by atoms with van der Waals surface area (Å²) in [5, 5.41) is 3.05. The first kappa shape index (κ1) is 18.6. The van der Waals surface area contributed by atoms with Crippen molar-refractivity contribution in [1.29, 1.82) is 0 Å². The number of carbonyl (C=O) groups is 1. The van der Waals surface area contributed by atoms with Crippen LogP contribution in [0.1, 0.15) is 18.7 Å². The topological polar surface area (TPSA) is 76.2 Å². The Morgan fingerprint density at radius 3 is 2.80 bits per heavy atom. The maximum Gasteiger partial charge on any atom is 0.241 e. The largest absolute Gasteiger partial charge is 0.436 e. The molecule has 3 heterocycles. The van der Waals surface area contributed by atoms with Crippen molar-refractivity contribution in [3.05, 3.63) is 66.7 Å². The van der Waals surface area contributed by atoms with Crippen molar-refractivity contribution < 1.29 is 9.21 Å². The van der Waals surface area contributed by atoms with Crippen molar-refractivity contribution in [1.82, 2.24) is 19.4 Å². The molecule has 0 bridgehead atoms. The summed E-state index contributed by atoms with van der Waals surface area (Å²) in [6, 6.07) is 15.2. The molecule has 7 heteroatoms. The second kappa shape index (κ2) is 7.76. The van der Waals surface area contributed by atoms with Gasteiger partial charge in [0, 0.05) is 30.7 Å². The molecule has 1 atom stereocenters. The van der Waals surface area contributed by atoms with E-state index in [1.807, 2.05) is 66.3 Å². The van der Waals surface area contributed by atoms with Crippen LogP contribution in [-0.4, -0.2) is 37.9 Å². The van der Waals surface area contributed by atoms with Crippen LogP contribution in [0.15, 0.2) is 65.3 Å². The molecule has 4 aromatic rings. The zero-order valence-electron chi connectivity index (χ0n) is 16.8. The van der Waals surface area contributed by atoms with Crippen LogP contribution in [0.2, 0.25) is 0 Å². The van der Waals surface area contributed by atoms with Crippen LogP contribution in [0.5, 0.6) is 0 Å². The number of amides is 1. The highest BCUT2D eigenvalue weighted by Gasteiger charge is 2.31. The van der Waals surface area contributed by atoms with Gasteiger partial charge in [-0.1, -0.05) is 12.1 Å². The zero-order chi connectivity index (χ0) is 20.5. The molecular weight excluding hydrogens is 378 g/mol. The maximum absolute atomic E-state index is 12.9. The lowest BCUT2D eigenvalue weighted by atomic mass is 10.1. The summed E-state index contributed by atoms with van der Waals surface area (Å²) in [7, 11) is 1.98. The quantitative estimate of drug-likeness (QED) is 0.550. The van der Waals surface area contributed by atoms with E-state index in [4.69, 9.17) is 4.42 Å². The molecule has 30 heavy (non-hydrogen) atoms. The number of hydrogen-bond donors (Lipinski definition) is 1. The molecule has 1 aliphatic heterocycles. The third kappa shape index (κ3) is 3.59. The molecule has 1 unspecified atom stereocenters. The van der Waals surface area contributed by atoms with Crippen LogP contribution in [0.3, 0.4) is 0 Å². The molecule has 1 amide bonds. The summed E-state index contributed by atoms with van der Waals surface area (Å²) in [5.74, 6) is 1.57. The van der Waals surface area contributed by atoms with Crippen LogP contribution in [0.4, 0.5) is 5.69 Å².